The van der Waals surface area contributed by atoms with Crippen LogP contribution >= 0.6 is 15.9 Å². The lowest BCUT2D eigenvalue weighted by Gasteiger charge is -2.36. The molecule has 1 aliphatic heterocycles. The molecule has 2 aromatic rings. The summed E-state index contributed by atoms with van der Waals surface area (Å²) in [6.45, 7) is 0. The van der Waals surface area contributed by atoms with Gasteiger partial charge in [0.15, 0.2) is 0 Å². The molecule has 1 aliphatic carbocycles. The van der Waals surface area contributed by atoms with Gasteiger partial charge in [-0.3, -0.25) is 19.7 Å². The van der Waals surface area contributed by atoms with Gasteiger partial charge in [0.1, 0.15) is 5.82 Å². The average molecular weight is 512 g/mol. The zero-order valence-corrected chi connectivity index (χ0v) is 18.3. The second kappa shape index (κ2) is 7.58. The van der Waals surface area contributed by atoms with Gasteiger partial charge in [-0.1, -0.05) is 0 Å². The molecule has 1 N–H and O–H groups in total. The van der Waals surface area contributed by atoms with Gasteiger partial charge < -0.3 is 10.2 Å². The first-order valence-corrected chi connectivity index (χ1v) is 10.5. The van der Waals surface area contributed by atoms with Crippen LogP contribution < -0.4 is 10.2 Å². The predicted octanol–water partition coefficient (Wildman–Crippen LogP) is 5.17. The fraction of sp³-hybridized carbons (Fsp3) is 0.333. The summed E-state index contributed by atoms with van der Waals surface area (Å²) >= 11 is 3.12. The summed E-state index contributed by atoms with van der Waals surface area (Å²) in [7, 11) is 1.40. The third-order valence-electron chi connectivity index (χ3n) is 6.13. The highest BCUT2D eigenvalue weighted by molar-refractivity contribution is 9.10. The van der Waals surface area contributed by atoms with Crippen molar-refractivity contribution in [3.63, 3.8) is 0 Å². The molecular formula is C21H17BrF3N3O4. The van der Waals surface area contributed by atoms with Crippen LogP contribution in [0, 0.1) is 15.9 Å². The first-order chi connectivity index (χ1) is 14.9. The topological polar surface area (TPSA) is 92.6 Å². The van der Waals surface area contributed by atoms with Gasteiger partial charge in [-0.2, -0.15) is 0 Å². The summed E-state index contributed by atoms with van der Waals surface area (Å²) in [5.74, 6) is -4.73. The van der Waals surface area contributed by atoms with E-state index in [0.717, 1.165) is 17.0 Å². The third-order valence-corrected chi connectivity index (χ3v) is 6.79. The zero-order valence-electron chi connectivity index (χ0n) is 16.8. The van der Waals surface area contributed by atoms with Crippen molar-refractivity contribution in [3.8, 4) is 0 Å². The Balaban J connectivity index is 1.69. The van der Waals surface area contributed by atoms with E-state index in [4.69, 9.17) is 0 Å². The molecule has 1 spiro atoms. The number of benzene rings is 2. The van der Waals surface area contributed by atoms with Gasteiger partial charge in [0.2, 0.25) is 11.8 Å². The second-order valence-electron chi connectivity index (χ2n) is 8.03. The zero-order chi connectivity index (χ0) is 23.4. The highest BCUT2D eigenvalue weighted by atomic mass is 79.9. The van der Waals surface area contributed by atoms with E-state index < -0.39 is 46.7 Å². The number of hydrogen-bond donors (Lipinski definition) is 1. The number of alkyl halides is 2. The Hall–Kier alpha value is -2.95. The fourth-order valence-corrected chi connectivity index (χ4v) is 4.99. The molecule has 0 saturated heterocycles. The number of likely N-dealkylation sites (N-methyl/N-ethyl adjacent to an activating group) is 1. The Kier molecular flexibility index (Phi) is 5.27. The Bertz CT molecular complexity index is 1160. The number of anilines is 2. The maximum absolute atomic E-state index is 15.0. The normalized spacial score (nSPS) is 18.5. The lowest BCUT2D eigenvalue weighted by Crippen LogP contribution is -2.44. The lowest BCUT2D eigenvalue weighted by atomic mass is 9.69. The van der Waals surface area contributed by atoms with Crippen LogP contribution in [0.2, 0.25) is 0 Å². The number of nitro groups is 1. The van der Waals surface area contributed by atoms with Gasteiger partial charge in [0.05, 0.1) is 21.6 Å². The molecule has 0 bridgehead atoms. The van der Waals surface area contributed by atoms with Crippen molar-refractivity contribution in [3.05, 3.63) is 61.9 Å². The predicted molar refractivity (Wildman–Crippen MR) is 114 cm³/mol. The van der Waals surface area contributed by atoms with Gasteiger partial charge >= 0.3 is 0 Å². The molecule has 2 amide bonds. The molecule has 4 rings (SSSR count). The summed E-state index contributed by atoms with van der Waals surface area (Å²) < 4.78 is 42.7. The summed E-state index contributed by atoms with van der Waals surface area (Å²) in [4.78, 5) is 37.1. The van der Waals surface area contributed by atoms with E-state index >= 15 is 0 Å². The molecule has 1 saturated carbocycles. The van der Waals surface area contributed by atoms with Crippen LogP contribution in [0.5, 0.6) is 0 Å². The van der Waals surface area contributed by atoms with E-state index in [0.29, 0.717) is 0 Å². The first-order valence-electron chi connectivity index (χ1n) is 9.70. The number of amides is 2. The van der Waals surface area contributed by atoms with Crippen LogP contribution in [-0.2, 0) is 10.2 Å². The summed E-state index contributed by atoms with van der Waals surface area (Å²) in [6.07, 6.45) is -1.22. The third kappa shape index (κ3) is 3.54. The van der Waals surface area contributed by atoms with Gasteiger partial charge in [-0.05, 0) is 52.5 Å². The number of non-ortho nitro benzene ring substituents is 1. The van der Waals surface area contributed by atoms with Gasteiger partial charge in [0.25, 0.3) is 11.6 Å². The van der Waals surface area contributed by atoms with E-state index in [1.54, 1.807) is 0 Å². The quantitative estimate of drug-likeness (QED) is 0.454. The van der Waals surface area contributed by atoms with E-state index in [9.17, 15) is 32.9 Å². The monoisotopic (exact) mass is 511 g/mol. The maximum Gasteiger partial charge on any atom is 0.270 e. The van der Waals surface area contributed by atoms with Crippen LogP contribution in [0.4, 0.5) is 30.2 Å². The summed E-state index contributed by atoms with van der Waals surface area (Å²) in [5.41, 5.74) is -1.04. The molecule has 0 unspecified atom stereocenters. The highest BCUT2D eigenvalue weighted by Gasteiger charge is 2.55. The average Bonchev–Trinajstić information content (AvgIpc) is 2.92. The van der Waals surface area contributed by atoms with Crippen LogP contribution in [0.3, 0.4) is 0 Å². The number of carbonyl (C=O) groups is 2. The molecule has 11 heteroatoms. The van der Waals surface area contributed by atoms with Crippen LogP contribution in [0.15, 0.2) is 34.8 Å². The van der Waals surface area contributed by atoms with Crippen molar-refractivity contribution in [2.75, 3.05) is 17.3 Å². The molecule has 2 aliphatic rings. The minimum absolute atomic E-state index is 0.0229. The molecule has 2 aromatic carbocycles. The van der Waals surface area contributed by atoms with Crippen molar-refractivity contribution < 1.29 is 27.7 Å². The molecule has 168 valence electrons. The van der Waals surface area contributed by atoms with E-state index in [2.05, 4.69) is 21.2 Å². The summed E-state index contributed by atoms with van der Waals surface area (Å²) in [5, 5.41) is 13.4. The number of nitrogens with one attached hydrogen (secondary N) is 1. The molecular weight excluding hydrogens is 495 g/mol. The number of rotatable bonds is 3. The number of halogens is 4. The second-order valence-corrected chi connectivity index (χ2v) is 8.89. The van der Waals surface area contributed by atoms with Crippen molar-refractivity contribution in [1.82, 2.24) is 0 Å². The Labute approximate surface area is 188 Å². The fourth-order valence-electron chi connectivity index (χ4n) is 4.44. The minimum Gasteiger partial charge on any atom is -0.322 e. The van der Waals surface area contributed by atoms with E-state index in [1.807, 2.05) is 0 Å². The number of nitrogens with zero attached hydrogens (tertiary/aromatic N) is 2. The number of hydrogen-bond acceptors (Lipinski definition) is 4. The van der Waals surface area contributed by atoms with E-state index in [1.165, 1.54) is 25.2 Å². The lowest BCUT2D eigenvalue weighted by molar-refractivity contribution is -0.384. The standard InChI is InChI=1S/C21H17BrF3N3O4/c1-27-17-14(20(19(27)30)4-6-21(24,25)7-5-20)8-11(9-16(17)23)26-18(29)13-3-2-12(28(31)32)10-15(13)22/h2-3,8-10H,4-7H2,1H3,(H,26,29). The number of fused-ring (bicyclic) bond motifs is 2. The molecule has 32 heavy (non-hydrogen) atoms. The number of nitro benzene ring substituents is 1. The Morgan fingerprint density at radius 2 is 1.84 bits per heavy atom. The molecule has 0 radical (unpaired) electrons. The van der Waals surface area contributed by atoms with Gasteiger partial charge in [-0.15, -0.1) is 0 Å². The van der Waals surface area contributed by atoms with Gasteiger partial charge in [-0.25, -0.2) is 13.2 Å². The van der Waals surface area contributed by atoms with Crippen molar-refractivity contribution >= 4 is 44.8 Å². The smallest absolute Gasteiger partial charge is 0.270 e. The van der Waals surface area contributed by atoms with Crippen LogP contribution in [-0.4, -0.2) is 29.7 Å². The SMILES string of the molecule is CN1C(=O)C2(CCC(F)(F)CC2)c2cc(NC(=O)c3ccc([N+](=O)[O-])cc3Br)cc(F)c21. The van der Waals surface area contributed by atoms with Crippen LogP contribution in [0.1, 0.15) is 41.6 Å². The first kappa shape index (κ1) is 22.3. The van der Waals surface area contributed by atoms with Gasteiger partial charge in [0, 0.05) is 42.2 Å². The molecule has 1 heterocycles. The summed E-state index contributed by atoms with van der Waals surface area (Å²) in [6, 6.07) is 6.08. The highest BCUT2D eigenvalue weighted by Crippen LogP contribution is 2.54. The van der Waals surface area contributed by atoms with Crippen molar-refractivity contribution in [2.45, 2.75) is 37.0 Å². The van der Waals surface area contributed by atoms with E-state index in [-0.39, 0.29) is 45.5 Å². The molecule has 7 nitrogen and oxygen atoms in total. The number of carbonyl (C=O) groups excluding carboxylic acids is 2. The maximum atomic E-state index is 15.0. The Morgan fingerprint density at radius 3 is 2.44 bits per heavy atom. The molecule has 0 atom stereocenters. The van der Waals surface area contributed by atoms with Crippen molar-refractivity contribution in [2.24, 2.45) is 0 Å². The minimum atomic E-state index is -2.88. The Morgan fingerprint density at radius 1 is 1.19 bits per heavy atom. The van der Waals surface area contributed by atoms with Crippen LogP contribution in [0.25, 0.3) is 0 Å². The molecule has 0 aromatic heterocycles. The van der Waals surface area contributed by atoms with Crippen molar-refractivity contribution in [1.29, 1.82) is 0 Å². The largest absolute Gasteiger partial charge is 0.322 e. The molecule has 1 fully saturated rings.